The molecule has 0 spiro atoms. The molecule has 0 saturated heterocycles. The molecule has 1 N–H and O–H groups in total. The molecule has 0 atom stereocenters. The number of halogens is 1. The standard InChI is InChI=1S/C14H21FN2O/c1-13(2,3)9-14(4,5)17-12(18)10-6-7-11(15)16-8-10/h6-8H,9H2,1-5H3,(H,17,18). The number of amides is 1. The molecule has 0 saturated carbocycles. The average Bonchev–Trinajstić information content (AvgIpc) is 2.13. The molecule has 4 heteroatoms. The highest BCUT2D eigenvalue weighted by atomic mass is 19.1. The van der Waals surface area contributed by atoms with Crippen LogP contribution >= 0.6 is 0 Å². The van der Waals surface area contributed by atoms with Crippen LogP contribution in [0.4, 0.5) is 4.39 Å². The van der Waals surface area contributed by atoms with Crippen molar-refractivity contribution in [2.75, 3.05) is 0 Å². The topological polar surface area (TPSA) is 42.0 Å². The third-order valence-corrected chi connectivity index (χ3v) is 2.41. The molecule has 0 unspecified atom stereocenters. The molecule has 1 aromatic rings. The van der Waals surface area contributed by atoms with Gasteiger partial charge in [-0.3, -0.25) is 4.79 Å². The molecule has 1 heterocycles. The van der Waals surface area contributed by atoms with Gasteiger partial charge in [0.05, 0.1) is 5.56 Å². The van der Waals surface area contributed by atoms with Gasteiger partial charge in [0.15, 0.2) is 0 Å². The van der Waals surface area contributed by atoms with E-state index in [1.54, 1.807) is 0 Å². The van der Waals surface area contributed by atoms with Crippen LogP contribution in [0.2, 0.25) is 0 Å². The highest BCUT2D eigenvalue weighted by Crippen LogP contribution is 2.26. The lowest BCUT2D eigenvalue weighted by molar-refractivity contribution is 0.0891. The summed E-state index contributed by atoms with van der Waals surface area (Å²) in [6.45, 7) is 10.3. The van der Waals surface area contributed by atoms with Gasteiger partial charge in [0.2, 0.25) is 5.95 Å². The first kappa shape index (κ1) is 14.6. The average molecular weight is 252 g/mol. The molecule has 1 amide bonds. The van der Waals surface area contributed by atoms with E-state index in [9.17, 15) is 9.18 Å². The van der Waals surface area contributed by atoms with Gasteiger partial charge in [-0.2, -0.15) is 4.39 Å². The summed E-state index contributed by atoms with van der Waals surface area (Å²) >= 11 is 0. The Kier molecular flexibility index (Phi) is 4.09. The van der Waals surface area contributed by atoms with Crippen LogP contribution in [0.1, 0.15) is 51.4 Å². The maximum absolute atomic E-state index is 12.7. The quantitative estimate of drug-likeness (QED) is 0.840. The fraction of sp³-hybridized carbons (Fsp3) is 0.571. The number of nitrogens with zero attached hydrogens (tertiary/aromatic N) is 1. The molecular formula is C14H21FN2O. The molecule has 0 aromatic carbocycles. The normalized spacial score (nSPS) is 12.3. The number of carbonyl (C=O) groups is 1. The third kappa shape index (κ3) is 4.82. The van der Waals surface area contributed by atoms with Crippen LogP contribution in [-0.4, -0.2) is 16.4 Å². The Morgan fingerprint density at radius 3 is 2.33 bits per heavy atom. The third-order valence-electron chi connectivity index (χ3n) is 2.41. The van der Waals surface area contributed by atoms with Crippen molar-refractivity contribution in [2.24, 2.45) is 5.41 Å². The minimum atomic E-state index is -0.583. The Balaban J connectivity index is 2.72. The van der Waals surface area contributed by atoms with Crippen LogP contribution in [0.25, 0.3) is 0 Å². The second-order valence-electron chi connectivity index (χ2n) is 6.45. The van der Waals surface area contributed by atoms with E-state index in [1.165, 1.54) is 18.3 Å². The number of aromatic nitrogens is 1. The maximum atomic E-state index is 12.7. The largest absolute Gasteiger partial charge is 0.347 e. The van der Waals surface area contributed by atoms with E-state index in [4.69, 9.17) is 0 Å². The van der Waals surface area contributed by atoms with Crippen molar-refractivity contribution in [1.82, 2.24) is 10.3 Å². The number of hydrogen-bond donors (Lipinski definition) is 1. The van der Waals surface area contributed by atoms with Crippen molar-refractivity contribution in [1.29, 1.82) is 0 Å². The fourth-order valence-electron chi connectivity index (χ4n) is 2.26. The van der Waals surface area contributed by atoms with Crippen molar-refractivity contribution >= 4 is 5.91 Å². The summed E-state index contributed by atoms with van der Waals surface area (Å²) in [5.74, 6) is -0.808. The Hall–Kier alpha value is -1.45. The highest BCUT2D eigenvalue weighted by molar-refractivity contribution is 5.94. The molecule has 1 rings (SSSR count). The fourth-order valence-corrected chi connectivity index (χ4v) is 2.26. The minimum Gasteiger partial charge on any atom is -0.347 e. The Morgan fingerprint density at radius 2 is 1.89 bits per heavy atom. The molecule has 0 aliphatic carbocycles. The van der Waals surface area contributed by atoms with Crippen LogP contribution in [0, 0.1) is 11.4 Å². The second-order valence-corrected chi connectivity index (χ2v) is 6.45. The zero-order valence-corrected chi connectivity index (χ0v) is 11.7. The second kappa shape index (κ2) is 5.04. The van der Waals surface area contributed by atoms with Crippen molar-refractivity contribution in [3.05, 3.63) is 29.8 Å². The summed E-state index contributed by atoms with van der Waals surface area (Å²) in [6, 6.07) is 2.62. The molecule has 0 aliphatic rings. The molecule has 0 radical (unpaired) electrons. The smallest absolute Gasteiger partial charge is 0.253 e. The van der Waals surface area contributed by atoms with Crippen molar-refractivity contribution < 1.29 is 9.18 Å². The van der Waals surface area contributed by atoms with Crippen molar-refractivity contribution in [3.63, 3.8) is 0 Å². The van der Waals surface area contributed by atoms with Gasteiger partial charge in [0.25, 0.3) is 5.91 Å². The Labute approximate surface area is 108 Å². The predicted molar refractivity (Wildman–Crippen MR) is 69.8 cm³/mol. The number of nitrogens with one attached hydrogen (secondary N) is 1. The first-order valence-corrected chi connectivity index (χ1v) is 6.03. The van der Waals surface area contributed by atoms with Crippen molar-refractivity contribution in [3.8, 4) is 0 Å². The molecule has 1 aromatic heterocycles. The maximum Gasteiger partial charge on any atom is 0.253 e. The first-order valence-electron chi connectivity index (χ1n) is 6.03. The minimum absolute atomic E-state index is 0.123. The van der Waals surface area contributed by atoms with E-state index in [0.29, 0.717) is 5.56 Å². The van der Waals surface area contributed by atoms with Crippen LogP contribution in [0.15, 0.2) is 18.3 Å². The summed E-state index contributed by atoms with van der Waals surface area (Å²) in [4.78, 5) is 15.5. The summed E-state index contributed by atoms with van der Waals surface area (Å²) in [5, 5.41) is 2.95. The van der Waals surface area contributed by atoms with E-state index < -0.39 is 5.95 Å². The monoisotopic (exact) mass is 252 g/mol. The van der Waals surface area contributed by atoms with E-state index in [-0.39, 0.29) is 16.9 Å². The molecule has 18 heavy (non-hydrogen) atoms. The summed E-state index contributed by atoms with van der Waals surface area (Å²) < 4.78 is 12.7. The van der Waals surface area contributed by atoms with Gasteiger partial charge in [0.1, 0.15) is 0 Å². The van der Waals surface area contributed by atoms with E-state index in [1.807, 2.05) is 13.8 Å². The molecule has 0 bridgehead atoms. The summed E-state index contributed by atoms with van der Waals surface area (Å²) in [5.41, 5.74) is 0.181. The zero-order chi connectivity index (χ0) is 14.0. The van der Waals surface area contributed by atoms with Crippen molar-refractivity contribution in [2.45, 2.75) is 46.6 Å². The lowest BCUT2D eigenvalue weighted by atomic mass is 9.81. The van der Waals surface area contributed by atoms with Gasteiger partial charge in [-0.25, -0.2) is 4.98 Å². The van der Waals surface area contributed by atoms with Crippen LogP contribution in [0.3, 0.4) is 0 Å². The Bertz CT molecular complexity index is 418. The summed E-state index contributed by atoms with van der Waals surface area (Å²) in [6.07, 6.45) is 2.10. The lowest BCUT2D eigenvalue weighted by Crippen LogP contribution is -2.45. The molecule has 3 nitrogen and oxygen atoms in total. The number of hydrogen-bond acceptors (Lipinski definition) is 2. The van der Waals surface area contributed by atoms with Gasteiger partial charge in [-0.05, 0) is 37.8 Å². The van der Waals surface area contributed by atoms with Crippen LogP contribution < -0.4 is 5.32 Å². The van der Waals surface area contributed by atoms with Gasteiger partial charge >= 0.3 is 0 Å². The van der Waals surface area contributed by atoms with Gasteiger partial charge in [0, 0.05) is 11.7 Å². The van der Waals surface area contributed by atoms with E-state index in [2.05, 4.69) is 31.1 Å². The Morgan fingerprint density at radius 1 is 1.28 bits per heavy atom. The predicted octanol–water partition coefficient (Wildman–Crippen LogP) is 3.17. The first-order chi connectivity index (χ1) is 8.09. The number of carbonyl (C=O) groups excluding carboxylic acids is 1. The molecule has 0 fully saturated rings. The van der Waals surface area contributed by atoms with Gasteiger partial charge in [-0.15, -0.1) is 0 Å². The SMILES string of the molecule is CC(C)(C)CC(C)(C)NC(=O)c1ccc(F)nc1. The zero-order valence-electron chi connectivity index (χ0n) is 11.7. The molecular weight excluding hydrogens is 231 g/mol. The summed E-state index contributed by atoms with van der Waals surface area (Å²) in [7, 11) is 0. The number of rotatable bonds is 3. The van der Waals surface area contributed by atoms with E-state index in [0.717, 1.165) is 6.42 Å². The number of pyridine rings is 1. The van der Waals surface area contributed by atoms with Crippen LogP contribution in [-0.2, 0) is 0 Å². The van der Waals surface area contributed by atoms with Crippen LogP contribution in [0.5, 0.6) is 0 Å². The van der Waals surface area contributed by atoms with Gasteiger partial charge in [-0.1, -0.05) is 20.8 Å². The molecule has 0 aliphatic heterocycles. The lowest BCUT2D eigenvalue weighted by Gasteiger charge is -2.33. The molecule has 100 valence electrons. The van der Waals surface area contributed by atoms with E-state index >= 15 is 0 Å². The highest BCUT2D eigenvalue weighted by Gasteiger charge is 2.27. The van der Waals surface area contributed by atoms with Gasteiger partial charge < -0.3 is 5.32 Å².